The van der Waals surface area contributed by atoms with Crippen LogP contribution in [0.25, 0.3) is 0 Å². The minimum absolute atomic E-state index is 0.614. The Kier molecular flexibility index (Phi) is 3.58. The first-order valence-electron chi connectivity index (χ1n) is 5.67. The maximum atomic E-state index is 2.47. The molecule has 76 valence electrons. The minimum atomic E-state index is 0.614. The lowest BCUT2D eigenvalue weighted by atomic mass is 9.76. The van der Waals surface area contributed by atoms with Crippen molar-refractivity contribution in [2.45, 2.75) is 59.8 Å². The van der Waals surface area contributed by atoms with E-state index in [1.807, 2.05) is 0 Å². The van der Waals surface area contributed by atoms with Gasteiger partial charge in [0.1, 0.15) is 0 Å². The van der Waals surface area contributed by atoms with Crippen LogP contribution in [0.3, 0.4) is 0 Å². The van der Waals surface area contributed by atoms with E-state index in [0.717, 1.165) is 5.92 Å². The average Bonchev–Trinajstić information content (AvgIpc) is 2.12. The number of hydrogen-bond acceptors (Lipinski definition) is 0. The van der Waals surface area contributed by atoms with Crippen LogP contribution in [0.2, 0.25) is 0 Å². The summed E-state index contributed by atoms with van der Waals surface area (Å²) in [5.41, 5.74) is 2.22. The molecule has 0 heteroatoms. The summed E-state index contributed by atoms with van der Waals surface area (Å²) in [6.45, 7) is 9.44. The van der Waals surface area contributed by atoms with Crippen molar-refractivity contribution in [3.8, 4) is 0 Å². The molecule has 1 rings (SSSR count). The summed E-state index contributed by atoms with van der Waals surface area (Å²) in [5.74, 6) is 0.850. The van der Waals surface area contributed by atoms with Gasteiger partial charge in [0.25, 0.3) is 0 Å². The number of allylic oxidation sites excluding steroid dienone is 2. The van der Waals surface area contributed by atoms with Crippen LogP contribution in [0.1, 0.15) is 59.8 Å². The molecular weight excluding hydrogens is 156 g/mol. The van der Waals surface area contributed by atoms with Gasteiger partial charge in [-0.2, -0.15) is 0 Å². The molecule has 0 saturated carbocycles. The second-order valence-electron chi connectivity index (χ2n) is 5.50. The molecule has 0 N–H and O–H groups in total. The molecule has 0 amide bonds. The Morgan fingerprint density at radius 3 is 2.69 bits per heavy atom. The molecule has 0 heterocycles. The van der Waals surface area contributed by atoms with Crippen molar-refractivity contribution in [2.75, 3.05) is 0 Å². The van der Waals surface area contributed by atoms with Gasteiger partial charge >= 0.3 is 0 Å². The topological polar surface area (TPSA) is 0 Å². The lowest BCUT2D eigenvalue weighted by molar-refractivity contribution is 0.223. The van der Waals surface area contributed by atoms with E-state index in [4.69, 9.17) is 0 Å². The van der Waals surface area contributed by atoms with Crippen LogP contribution < -0.4 is 0 Å². The predicted molar refractivity (Wildman–Crippen MR) is 59.8 cm³/mol. The van der Waals surface area contributed by atoms with Gasteiger partial charge in [-0.15, -0.1) is 0 Å². The van der Waals surface area contributed by atoms with Gasteiger partial charge in [0.2, 0.25) is 0 Å². The summed E-state index contributed by atoms with van der Waals surface area (Å²) in [7, 11) is 0. The van der Waals surface area contributed by atoms with Gasteiger partial charge in [-0.1, -0.05) is 32.4 Å². The first-order valence-corrected chi connectivity index (χ1v) is 5.67. The van der Waals surface area contributed by atoms with E-state index in [1.54, 1.807) is 5.57 Å². The molecule has 0 aromatic rings. The molecule has 0 bridgehead atoms. The SMILES string of the molecule is CC1=CCCC(C)(CC(C)C)CC1. The predicted octanol–water partition coefficient (Wildman–Crippen LogP) is 4.56. The molecule has 1 aliphatic carbocycles. The summed E-state index contributed by atoms with van der Waals surface area (Å²) in [6.07, 6.45) is 9.24. The van der Waals surface area contributed by atoms with Gasteiger partial charge in [-0.25, -0.2) is 0 Å². The highest BCUT2D eigenvalue weighted by molar-refractivity contribution is 5.02. The first kappa shape index (κ1) is 10.8. The Morgan fingerprint density at radius 2 is 2.08 bits per heavy atom. The van der Waals surface area contributed by atoms with Crippen molar-refractivity contribution in [2.24, 2.45) is 11.3 Å². The molecule has 1 atom stereocenters. The van der Waals surface area contributed by atoms with Crippen molar-refractivity contribution >= 4 is 0 Å². The Balaban J connectivity index is 2.51. The second-order valence-corrected chi connectivity index (χ2v) is 5.50. The fourth-order valence-corrected chi connectivity index (χ4v) is 2.58. The zero-order valence-electron chi connectivity index (χ0n) is 9.69. The fourth-order valence-electron chi connectivity index (χ4n) is 2.58. The first-order chi connectivity index (χ1) is 6.02. The van der Waals surface area contributed by atoms with Crippen molar-refractivity contribution in [1.82, 2.24) is 0 Å². The third-order valence-electron chi connectivity index (χ3n) is 3.26. The van der Waals surface area contributed by atoms with Crippen LogP contribution in [0, 0.1) is 11.3 Å². The van der Waals surface area contributed by atoms with Gasteiger partial charge in [0.05, 0.1) is 0 Å². The van der Waals surface area contributed by atoms with Gasteiger partial charge < -0.3 is 0 Å². The minimum Gasteiger partial charge on any atom is -0.0856 e. The molecule has 1 unspecified atom stereocenters. The molecule has 0 saturated heterocycles. The molecule has 13 heavy (non-hydrogen) atoms. The third kappa shape index (κ3) is 3.54. The van der Waals surface area contributed by atoms with E-state index >= 15 is 0 Å². The summed E-state index contributed by atoms with van der Waals surface area (Å²) in [6, 6.07) is 0. The van der Waals surface area contributed by atoms with E-state index in [1.165, 1.54) is 32.1 Å². The normalized spacial score (nSPS) is 30.1. The van der Waals surface area contributed by atoms with Crippen LogP contribution in [0.4, 0.5) is 0 Å². The molecule has 0 aromatic heterocycles. The average molecular weight is 180 g/mol. The standard InChI is InChI=1S/C13H24/c1-11(2)10-13(4)8-5-6-12(3)7-9-13/h6,11H,5,7-10H2,1-4H3. The van der Waals surface area contributed by atoms with E-state index in [2.05, 4.69) is 33.8 Å². The van der Waals surface area contributed by atoms with Crippen LogP contribution >= 0.6 is 0 Å². The van der Waals surface area contributed by atoms with Crippen molar-refractivity contribution in [1.29, 1.82) is 0 Å². The third-order valence-corrected chi connectivity index (χ3v) is 3.26. The maximum absolute atomic E-state index is 2.47. The zero-order valence-corrected chi connectivity index (χ0v) is 9.69. The van der Waals surface area contributed by atoms with Crippen molar-refractivity contribution in [3.63, 3.8) is 0 Å². The highest BCUT2D eigenvalue weighted by atomic mass is 14.3. The van der Waals surface area contributed by atoms with Crippen molar-refractivity contribution < 1.29 is 0 Å². The largest absolute Gasteiger partial charge is 0.0856 e. The monoisotopic (exact) mass is 180 g/mol. The zero-order chi connectivity index (χ0) is 9.90. The second kappa shape index (κ2) is 4.30. The summed E-state index contributed by atoms with van der Waals surface area (Å²) in [5, 5.41) is 0. The van der Waals surface area contributed by atoms with Crippen molar-refractivity contribution in [3.05, 3.63) is 11.6 Å². The summed E-state index contributed by atoms with van der Waals surface area (Å²) >= 11 is 0. The molecule has 0 aromatic carbocycles. The van der Waals surface area contributed by atoms with E-state index in [-0.39, 0.29) is 0 Å². The molecule has 0 nitrogen and oxygen atoms in total. The maximum Gasteiger partial charge on any atom is -0.0317 e. The highest BCUT2D eigenvalue weighted by Gasteiger charge is 2.25. The molecular formula is C13H24. The number of hydrogen-bond donors (Lipinski definition) is 0. The highest BCUT2D eigenvalue weighted by Crippen LogP contribution is 2.39. The van der Waals surface area contributed by atoms with E-state index in [9.17, 15) is 0 Å². The van der Waals surface area contributed by atoms with Gasteiger partial charge in [0, 0.05) is 0 Å². The van der Waals surface area contributed by atoms with Crippen LogP contribution in [0.5, 0.6) is 0 Å². The smallest absolute Gasteiger partial charge is 0.0317 e. The fraction of sp³-hybridized carbons (Fsp3) is 0.846. The lowest BCUT2D eigenvalue weighted by Crippen LogP contribution is -2.18. The van der Waals surface area contributed by atoms with E-state index in [0.29, 0.717) is 5.41 Å². The molecule has 0 radical (unpaired) electrons. The Hall–Kier alpha value is -0.260. The summed E-state index contributed by atoms with van der Waals surface area (Å²) < 4.78 is 0. The molecule has 0 fully saturated rings. The molecule has 0 aliphatic heterocycles. The Bertz CT molecular complexity index is 188. The Labute approximate surface area is 83.4 Å². The van der Waals surface area contributed by atoms with Crippen LogP contribution in [0.15, 0.2) is 11.6 Å². The molecule has 1 aliphatic rings. The lowest BCUT2D eigenvalue weighted by Gasteiger charge is -2.30. The van der Waals surface area contributed by atoms with Gasteiger partial charge in [0.15, 0.2) is 0 Å². The van der Waals surface area contributed by atoms with Crippen LogP contribution in [-0.4, -0.2) is 0 Å². The van der Waals surface area contributed by atoms with Crippen LogP contribution in [-0.2, 0) is 0 Å². The quantitative estimate of drug-likeness (QED) is 0.546. The number of rotatable bonds is 2. The van der Waals surface area contributed by atoms with Gasteiger partial charge in [-0.3, -0.25) is 0 Å². The Morgan fingerprint density at radius 1 is 1.38 bits per heavy atom. The van der Waals surface area contributed by atoms with Gasteiger partial charge in [-0.05, 0) is 50.4 Å². The summed E-state index contributed by atoms with van der Waals surface area (Å²) in [4.78, 5) is 0. The van der Waals surface area contributed by atoms with E-state index < -0.39 is 0 Å². The molecule has 0 spiro atoms.